The molecule has 0 radical (unpaired) electrons. The van der Waals surface area contributed by atoms with E-state index in [1.54, 1.807) is 6.20 Å². The number of fused-ring (bicyclic) bond motifs is 4. The summed E-state index contributed by atoms with van der Waals surface area (Å²) in [7, 11) is 0. The van der Waals surface area contributed by atoms with Gasteiger partial charge in [-0.2, -0.15) is 0 Å². The van der Waals surface area contributed by atoms with Crippen molar-refractivity contribution in [3.63, 3.8) is 0 Å². The second-order valence-electron chi connectivity index (χ2n) is 9.19. The number of nitrogens with zero attached hydrogens (tertiary/aromatic N) is 3. The molecule has 0 aromatic carbocycles. The van der Waals surface area contributed by atoms with Crippen molar-refractivity contribution in [1.29, 1.82) is 0 Å². The molecule has 6 rings (SSSR count). The number of hydrogen-bond acceptors (Lipinski definition) is 5. The molecule has 3 fully saturated rings. The van der Waals surface area contributed by atoms with E-state index in [9.17, 15) is 4.39 Å². The summed E-state index contributed by atoms with van der Waals surface area (Å²) in [5.41, 5.74) is 3.83. The number of halogens is 1. The summed E-state index contributed by atoms with van der Waals surface area (Å²) >= 11 is 0. The normalized spacial score (nSPS) is 25.1. The molecule has 1 aliphatic carbocycles. The third-order valence-corrected chi connectivity index (χ3v) is 7.08. The highest BCUT2D eigenvalue weighted by Gasteiger charge is 2.49. The summed E-state index contributed by atoms with van der Waals surface area (Å²) in [6.07, 6.45) is 12.9. The zero-order chi connectivity index (χ0) is 22.0. The highest BCUT2D eigenvalue weighted by Crippen LogP contribution is 2.46. The van der Waals surface area contributed by atoms with E-state index in [0.29, 0.717) is 24.1 Å². The fourth-order valence-electron chi connectivity index (χ4n) is 5.03. The van der Waals surface area contributed by atoms with Crippen molar-refractivity contribution in [3.05, 3.63) is 71.6 Å². The molecule has 1 saturated carbocycles. The minimum atomic E-state index is -0.269. The maximum Gasteiger partial charge on any atom is 0.146 e. The number of hydrogen-bond donors (Lipinski definition) is 1. The Kier molecular flexibility index (Phi) is 5.74. The predicted molar refractivity (Wildman–Crippen MR) is 124 cm³/mol. The number of nitrogens with one attached hydrogen (secondary N) is 1. The molecule has 0 spiro atoms. The fourth-order valence-corrected chi connectivity index (χ4v) is 5.03. The average molecular weight is 433 g/mol. The lowest BCUT2D eigenvalue weighted by Crippen LogP contribution is -2.61. The van der Waals surface area contributed by atoms with Gasteiger partial charge in [-0.25, -0.2) is 4.39 Å². The molecule has 6 heteroatoms. The van der Waals surface area contributed by atoms with E-state index in [0.717, 1.165) is 55.6 Å². The van der Waals surface area contributed by atoms with Crippen LogP contribution in [-0.4, -0.2) is 39.2 Å². The van der Waals surface area contributed by atoms with Crippen LogP contribution in [0, 0.1) is 12.7 Å². The lowest BCUT2D eigenvalue weighted by molar-refractivity contribution is -0.164. The monoisotopic (exact) mass is 432 g/mol. The second kappa shape index (κ2) is 8.68. The van der Waals surface area contributed by atoms with Gasteiger partial charge in [0.2, 0.25) is 0 Å². The summed E-state index contributed by atoms with van der Waals surface area (Å²) < 4.78 is 21.1. The Bertz CT molecular complexity index is 1100. The quantitative estimate of drug-likeness (QED) is 0.582. The smallest absolute Gasteiger partial charge is 0.146 e. The number of aromatic nitrogens is 3. The highest BCUT2D eigenvalue weighted by atomic mass is 19.1. The fraction of sp³-hybridized carbons (Fsp3) is 0.423. The number of aryl methyl sites for hydroxylation is 2. The zero-order valence-corrected chi connectivity index (χ0v) is 18.5. The Hall–Kier alpha value is -2.70. The third kappa shape index (κ3) is 4.30. The minimum Gasteiger partial charge on any atom is -0.373 e. The van der Waals surface area contributed by atoms with Crippen LogP contribution in [0.1, 0.15) is 49.1 Å². The predicted octanol–water partition coefficient (Wildman–Crippen LogP) is 4.79. The van der Waals surface area contributed by atoms with Gasteiger partial charge in [0.15, 0.2) is 0 Å². The van der Waals surface area contributed by atoms with Crippen molar-refractivity contribution >= 4 is 17.1 Å². The molecule has 2 aliphatic heterocycles. The van der Waals surface area contributed by atoms with Crippen LogP contribution in [0.15, 0.2) is 48.8 Å². The van der Waals surface area contributed by atoms with Gasteiger partial charge < -0.3 is 10.1 Å². The van der Waals surface area contributed by atoms with Crippen molar-refractivity contribution in [2.75, 3.05) is 13.2 Å². The van der Waals surface area contributed by atoms with Crippen LogP contribution in [0.2, 0.25) is 0 Å². The molecule has 3 aromatic rings. The maximum absolute atomic E-state index is 14.6. The van der Waals surface area contributed by atoms with E-state index in [1.807, 2.05) is 43.3 Å². The molecule has 1 N–H and O–H groups in total. The Morgan fingerprint density at radius 3 is 2.75 bits per heavy atom. The molecule has 0 unspecified atom stereocenters. The second-order valence-corrected chi connectivity index (χ2v) is 9.19. The van der Waals surface area contributed by atoms with Gasteiger partial charge in [-0.15, -0.1) is 0 Å². The maximum atomic E-state index is 14.6. The van der Waals surface area contributed by atoms with E-state index >= 15 is 0 Å². The van der Waals surface area contributed by atoms with Crippen LogP contribution in [0.5, 0.6) is 0 Å². The van der Waals surface area contributed by atoms with Gasteiger partial charge in [0, 0.05) is 29.5 Å². The van der Waals surface area contributed by atoms with Crippen LogP contribution < -0.4 is 5.32 Å². The Labute approximate surface area is 188 Å². The van der Waals surface area contributed by atoms with E-state index in [1.165, 1.54) is 6.20 Å². The summed E-state index contributed by atoms with van der Waals surface area (Å²) in [4.78, 5) is 13.1. The molecule has 32 heavy (non-hydrogen) atoms. The Morgan fingerprint density at radius 2 is 2.00 bits per heavy atom. The zero-order valence-electron chi connectivity index (χ0n) is 18.5. The van der Waals surface area contributed by atoms with Crippen molar-refractivity contribution in [3.8, 4) is 0 Å². The number of ether oxygens (including phenoxy) is 1. The van der Waals surface area contributed by atoms with Gasteiger partial charge in [0.05, 0.1) is 35.1 Å². The first-order chi connectivity index (χ1) is 15.6. The first-order valence-corrected chi connectivity index (χ1v) is 11.4. The molecular weight excluding hydrogens is 403 g/mol. The van der Waals surface area contributed by atoms with Gasteiger partial charge in [-0.05, 0) is 75.8 Å². The van der Waals surface area contributed by atoms with Gasteiger partial charge in [0.25, 0.3) is 0 Å². The van der Waals surface area contributed by atoms with Gasteiger partial charge >= 0.3 is 0 Å². The van der Waals surface area contributed by atoms with E-state index < -0.39 is 0 Å². The summed E-state index contributed by atoms with van der Waals surface area (Å²) in [6, 6.07) is 9.74. The van der Waals surface area contributed by atoms with Gasteiger partial charge in [-0.1, -0.05) is 12.1 Å². The standard InChI is InChI=1S/C26H29FN4O/c1-19-7-8-23-24(31-19)21(22(27)17-29-23)9-10-26-13-11-25(12-14-26,18-32-26)30-16-4-6-20-5-2-3-15-28-20/h2-8,15,17,30H,9-14,16,18H2,1H3/b6-4+. The molecule has 5 nitrogen and oxygen atoms in total. The SMILES string of the molecule is Cc1ccc2ncc(F)c(CCC34CCC(NC/C=C/c5ccccn5)(CC3)CO4)c2n1. The Balaban J connectivity index is 1.20. The molecule has 5 heterocycles. The lowest BCUT2D eigenvalue weighted by atomic mass is 9.69. The average Bonchev–Trinajstić information content (AvgIpc) is 2.83. The Morgan fingerprint density at radius 1 is 1.12 bits per heavy atom. The topological polar surface area (TPSA) is 59.9 Å². The number of rotatable bonds is 7. The largest absolute Gasteiger partial charge is 0.373 e. The minimum absolute atomic E-state index is 0.0451. The molecule has 0 atom stereocenters. The van der Waals surface area contributed by atoms with Crippen LogP contribution >= 0.6 is 0 Å². The first kappa shape index (κ1) is 21.2. The summed E-state index contributed by atoms with van der Waals surface area (Å²) in [5.74, 6) is -0.269. The molecule has 3 aromatic heterocycles. The molecule has 2 saturated heterocycles. The number of pyridine rings is 3. The summed E-state index contributed by atoms with van der Waals surface area (Å²) in [6.45, 7) is 3.43. The van der Waals surface area contributed by atoms with E-state index in [2.05, 4.69) is 26.3 Å². The van der Waals surface area contributed by atoms with Crippen molar-refractivity contribution in [1.82, 2.24) is 20.3 Å². The van der Waals surface area contributed by atoms with Crippen molar-refractivity contribution in [2.24, 2.45) is 0 Å². The molecule has 3 aliphatic rings. The first-order valence-electron chi connectivity index (χ1n) is 11.4. The van der Waals surface area contributed by atoms with Crippen LogP contribution in [0.4, 0.5) is 4.39 Å². The lowest BCUT2D eigenvalue weighted by Gasteiger charge is -2.53. The van der Waals surface area contributed by atoms with Crippen LogP contribution in [0.25, 0.3) is 17.1 Å². The molecular formula is C26H29FN4O. The van der Waals surface area contributed by atoms with Gasteiger partial charge in [-0.3, -0.25) is 15.0 Å². The van der Waals surface area contributed by atoms with E-state index in [4.69, 9.17) is 4.74 Å². The van der Waals surface area contributed by atoms with Crippen molar-refractivity contribution < 1.29 is 9.13 Å². The van der Waals surface area contributed by atoms with Crippen molar-refractivity contribution in [2.45, 2.75) is 56.6 Å². The van der Waals surface area contributed by atoms with Crippen LogP contribution in [-0.2, 0) is 11.2 Å². The third-order valence-electron chi connectivity index (χ3n) is 7.08. The molecule has 0 amide bonds. The van der Waals surface area contributed by atoms with Gasteiger partial charge in [0.1, 0.15) is 5.82 Å². The van der Waals surface area contributed by atoms with E-state index in [-0.39, 0.29) is 17.0 Å². The molecule has 166 valence electrons. The summed E-state index contributed by atoms with van der Waals surface area (Å²) in [5, 5.41) is 3.71. The van der Waals surface area contributed by atoms with Crippen LogP contribution in [0.3, 0.4) is 0 Å². The molecule has 2 bridgehead atoms. The highest BCUT2D eigenvalue weighted by molar-refractivity contribution is 5.77.